The number of anilines is 1. The van der Waals surface area contributed by atoms with Crippen LogP contribution in [0.25, 0.3) is 11.2 Å². The molecule has 4 N–H and O–H groups in total. The summed E-state index contributed by atoms with van der Waals surface area (Å²) in [6, 6.07) is 9.38. The fourth-order valence-electron chi connectivity index (χ4n) is 3.21. The van der Waals surface area contributed by atoms with Gasteiger partial charge in [0.25, 0.3) is 0 Å². The van der Waals surface area contributed by atoms with E-state index in [4.69, 9.17) is 14.9 Å². The van der Waals surface area contributed by atoms with E-state index in [9.17, 15) is 9.59 Å². The third-order valence-electron chi connectivity index (χ3n) is 5.01. The molecule has 35 heavy (non-hydrogen) atoms. The second kappa shape index (κ2) is 14.0. The van der Waals surface area contributed by atoms with E-state index in [-0.39, 0.29) is 30.8 Å². The molecule has 1 saturated heterocycles. The maximum Gasteiger partial charge on any atom is 0.404 e. The summed E-state index contributed by atoms with van der Waals surface area (Å²) in [7, 11) is 0. The van der Waals surface area contributed by atoms with Gasteiger partial charge in [-0.05, 0) is 18.4 Å². The van der Waals surface area contributed by atoms with E-state index in [1.165, 1.54) is 6.33 Å². The zero-order valence-electron chi connectivity index (χ0n) is 20.5. The first-order valence-corrected chi connectivity index (χ1v) is 11.6. The van der Waals surface area contributed by atoms with Crippen molar-refractivity contribution in [3.05, 3.63) is 48.5 Å². The Labute approximate surface area is 204 Å². The van der Waals surface area contributed by atoms with Crippen LogP contribution in [0.1, 0.15) is 52.3 Å². The zero-order valence-corrected chi connectivity index (χ0v) is 20.5. The zero-order chi connectivity index (χ0) is 25.8. The van der Waals surface area contributed by atoms with Gasteiger partial charge in [-0.1, -0.05) is 58.0 Å². The highest BCUT2D eigenvalue weighted by Gasteiger charge is 2.28. The Morgan fingerprint density at radius 3 is 2.46 bits per heavy atom. The molecule has 3 heterocycles. The number of fused-ring (bicyclic) bond motifs is 1. The first-order valence-electron chi connectivity index (χ1n) is 11.6. The van der Waals surface area contributed by atoms with Crippen LogP contribution in [-0.2, 0) is 16.1 Å². The second-order valence-corrected chi connectivity index (χ2v) is 7.81. The Hall–Kier alpha value is -3.57. The maximum atomic E-state index is 11.8. The van der Waals surface area contributed by atoms with Gasteiger partial charge in [0.05, 0.1) is 19.0 Å². The van der Waals surface area contributed by atoms with Crippen molar-refractivity contribution in [3.8, 4) is 0 Å². The number of hydrogen-bond donors (Lipinski definition) is 4. The number of aromatic nitrogens is 4. The first-order chi connectivity index (χ1) is 16.9. The molecule has 0 spiro atoms. The van der Waals surface area contributed by atoms with Gasteiger partial charge in [0.2, 0.25) is 5.91 Å². The molecule has 190 valence electrons. The smallest absolute Gasteiger partial charge is 0.404 e. The van der Waals surface area contributed by atoms with E-state index in [0.29, 0.717) is 23.5 Å². The van der Waals surface area contributed by atoms with Crippen molar-refractivity contribution in [3.63, 3.8) is 0 Å². The Morgan fingerprint density at radius 1 is 1.14 bits per heavy atom. The summed E-state index contributed by atoms with van der Waals surface area (Å²) >= 11 is 0. The molecular formula is C24H34N6O5. The number of nitrogens with one attached hydrogen (secondary N) is 2. The van der Waals surface area contributed by atoms with Gasteiger partial charge in [-0.25, -0.2) is 19.7 Å². The number of carbonyl (C=O) groups excluding carboxylic acids is 1. The Balaban J connectivity index is 0.000000280. The molecule has 2 aromatic heterocycles. The lowest BCUT2D eigenvalue weighted by Crippen LogP contribution is -2.19. The number of aliphatic hydroxyl groups excluding tert-OH is 1. The fourth-order valence-corrected chi connectivity index (χ4v) is 3.21. The third-order valence-corrected chi connectivity index (χ3v) is 5.01. The highest BCUT2D eigenvalue weighted by Crippen LogP contribution is 2.31. The molecule has 11 nitrogen and oxygen atoms in total. The van der Waals surface area contributed by atoms with Crippen LogP contribution in [0.4, 0.5) is 10.6 Å². The molecule has 0 bridgehead atoms. The summed E-state index contributed by atoms with van der Waals surface area (Å²) in [5, 5.41) is 22.5. The van der Waals surface area contributed by atoms with Crippen LogP contribution in [0.3, 0.4) is 0 Å². The van der Waals surface area contributed by atoms with Crippen LogP contribution < -0.4 is 10.6 Å². The van der Waals surface area contributed by atoms with Gasteiger partial charge >= 0.3 is 6.09 Å². The number of imidazole rings is 1. The normalized spacial score (nSPS) is 16.6. The molecule has 1 aromatic carbocycles. The summed E-state index contributed by atoms with van der Waals surface area (Å²) in [6.45, 7) is 8.01. The second-order valence-electron chi connectivity index (χ2n) is 7.81. The quantitative estimate of drug-likeness (QED) is 0.413. The lowest BCUT2D eigenvalue weighted by atomic mass is 10.2. The van der Waals surface area contributed by atoms with Gasteiger partial charge in [-0.2, -0.15) is 0 Å². The van der Waals surface area contributed by atoms with Gasteiger partial charge in [-0.3, -0.25) is 9.36 Å². The van der Waals surface area contributed by atoms with E-state index < -0.39 is 6.09 Å². The van der Waals surface area contributed by atoms with E-state index in [2.05, 4.69) is 25.6 Å². The number of carbonyl (C=O) groups is 2. The minimum Gasteiger partial charge on any atom is -0.465 e. The van der Waals surface area contributed by atoms with Gasteiger partial charge in [0.1, 0.15) is 12.6 Å². The molecular weight excluding hydrogens is 452 g/mol. The standard InChI is InChI=1S/C14H19N5O3.C8H9NO2.C2H6/c1-8(2)14(21)18-12-11-13(16-6-15-12)19(7-17-11)10-4-3-9(5-20)22-10;10-8(11)9-6-7-4-2-1-3-5-7;1-2/h6-10,20H,3-5H2,1-2H3,(H,15,16,18,21);1-5,9H,6H2,(H,10,11);1-2H3/t9-,10+;;/m0../s1. The monoisotopic (exact) mass is 486 g/mol. The van der Waals surface area contributed by atoms with Gasteiger partial charge in [0.15, 0.2) is 17.0 Å². The summed E-state index contributed by atoms with van der Waals surface area (Å²) in [4.78, 5) is 34.6. The van der Waals surface area contributed by atoms with Crippen molar-refractivity contribution in [1.29, 1.82) is 0 Å². The van der Waals surface area contributed by atoms with Crippen LogP contribution in [0.5, 0.6) is 0 Å². The molecule has 2 atom stereocenters. The Kier molecular flexibility index (Phi) is 11.0. The molecule has 11 heteroatoms. The summed E-state index contributed by atoms with van der Waals surface area (Å²) in [6.07, 6.45) is 3.27. The molecule has 3 aromatic rings. The van der Waals surface area contributed by atoms with E-state index in [0.717, 1.165) is 18.4 Å². The van der Waals surface area contributed by atoms with Crippen LogP contribution in [0.15, 0.2) is 43.0 Å². The van der Waals surface area contributed by atoms with Crippen LogP contribution in [0, 0.1) is 5.92 Å². The first kappa shape index (κ1) is 27.7. The van der Waals surface area contributed by atoms with Crippen molar-refractivity contribution in [1.82, 2.24) is 24.8 Å². The van der Waals surface area contributed by atoms with Crippen molar-refractivity contribution < 1.29 is 24.5 Å². The number of benzene rings is 1. The number of aliphatic hydroxyl groups is 1. The molecule has 4 rings (SSSR count). The molecule has 1 aliphatic heterocycles. The number of hydrogen-bond acceptors (Lipinski definition) is 7. The van der Waals surface area contributed by atoms with Gasteiger partial charge in [-0.15, -0.1) is 0 Å². The van der Waals surface area contributed by atoms with Crippen LogP contribution in [-0.4, -0.2) is 54.4 Å². The maximum absolute atomic E-state index is 11.8. The average Bonchev–Trinajstić information content (AvgIpc) is 3.52. The number of amides is 2. The minimum atomic E-state index is -0.992. The molecule has 2 amide bonds. The van der Waals surface area contributed by atoms with Crippen molar-refractivity contribution in [2.24, 2.45) is 5.92 Å². The van der Waals surface area contributed by atoms with Gasteiger partial charge < -0.3 is 25.6 Å². The largest absolute Gasteiger partial charge is 0.465 e. The lowest BCUT2D eigenvalue weighted by molar-refractivity contribution is -0.118. The predicted molar refractivity (Wildman–Crippen MR) is 132 cm³/mol. The molecule has 1 fully saturated rings. The fraction of sp³-hybridized carbons (Fsp3) is 0.458. The number of rotatable bonds is 6. The van der Waals surface area contributed by atoms with E-state index >= 15 is 0 Å². The lowest BCUT2D eigenvalue weighted by Gasteiger charge is -2.14. The molecule has 0 saturated carbocycles. The van der Waals surface area contributed by atoms with Crippen molar-refractivity contribution >= 4 is 29.0 Å². The third kappa shape index (κ3) is 8.01. The van der Waals surface area contributed by atoms with E-state index in [1.54, 1.807) is 6.33 Å². The van der Waals surface area contributed by atoms with E-state index in [1.807, 2.05) is 62.6 Å². The highest BCUT2D eigenvalue weighted by atomic mass is 16.5. The van der Waals surface area contributed by atoms with Crippen LogP contribution >= 0.6 is 0 Å². The molecule has 1 aliphatic rings. The summed E-state index contributed by atoms with van der Waals surface area (Å²) < 4.78 is 7.56. The molecule has 0 unspecified atom stereocenters. The Morgan fingerprint density at radius 2 is 1.86 bits per heavy atom. The minimum absolute atomic E-state index is 0.00775. The summed E-state index contributed by atoms with van der Waals surface area (Å²) in [5.41, 5.74) is 2.11. The van der Waals surface area contributed by atoms with Crippen molar-refractivity contribution in [2.75, 3.05) is 11.9 Å². The number of ether oxygens (including phenoxy) is 1. The van der Waals surface area contributed by atoms with Gasteiger partial charge in [0, 0.05) is 12.5 Å². The Bertz CT molecular complexity index is 1070. The topological polar surface area (TPSA) is 151 Å². The average molecular weight is 487 g/mol. The SMILES string of the molecule is CC.CC(C)C(=O)Nc1ncnc2c1ncn2[C@H]1CC[C@@H](CO)O1.O=C(O)NCc1ccccc1. The molecule has 0 radical (unpaired) electrons. The highest BCUT2D eigenvalue weighted by molar-refractivity contribution is 5.97. The summed E-state index contributed by atoms with van der Waals surface area (Å²) in [5.74, 6) is 0.141. The predicted octanol–water partition coefficient (Wildman–Crippen LogP) is 3.57. The van der Waals surface area contributed by atoms with Crippen LogP contribution in [0.2, 0.25) is 0 Å². The number of nitrogens with zero attached hydrogens (tertiary/aromatic N) is 4. The number of carboxylic acid groups (broad SMARTS) is 1. The van der Waals surface area contributed by atoms with Crippen molar-refractivity contribution in [2.45, 2.75) is 59.4 Å². The molecule has 0 aliphatic carbocycles.